The summed E-state index contributed by atoms with van der Waals surface area (Å²) < 4.78 is 1.93. The Morgan fingerprint density at radius 1 is 0.692 bits per heavy atom. The normalized spacial score (nSPS) is 11.1. The molecule has 4 rings (SSSR count). The molecule has 0 aliphatic rings. The van der Waals surface area contributed by atoms with E-state index >= 15 is 0 Å². The van der Waals surface area contributed by atoms with E-state index in [-0.39, 0.29) is 0 Å². The average molecular weight is 337 g/mol. The Morgan fingerprint density at radius 3 is 2.00 bits per heavy atom. The zero-order valence-electron chi connectivity index (χ0n) is 14.4. The Balaban J connectivity index is 1.69. The van der Waals surface area contributed by atoms with Crippen molar-refractivity contribution < 1.29 is 0 Å². The SMILES string of the molecule is C(=Cc1nc(Cc2ccccc2)n(-c2ccccc2)n1)c1ccccc1. The molecular weight excluding hydrogens is 318 g/mol. The fourth-order valence-electron chi connectivity index (χ4n) is 2.84. The van der Waals surface area contributed by atoms with Crippen molar-refractivity contribution in [3.8, 4) is 5.69 Å². The number of nitrogens with zero attached hydrogens (tertiary/aromatic N) is 3. The smallest absolute Gasteiger partial charge is 0.174 e. The quantitative estimate of drug-likeness (QED) is 0.511. The zero-order chi connectivity index (χ0) is 17.6. The summed E-state index contributed by atoms with van der Waals surface area (Å²) >= 11 is 0. The molecule has 126 valence electrons. The van der Waals surface area contributed by atoms with Gasteiger partial charge in [0.25, 0.3) is 0 Å². The van der Waals surface area contributed by atoms with Crippen molar-refractivity contribution in [1.82, 2.24) is 14.8 Å². The first-order chi connectivity index (χ1) is 12.9. The van der Waals surface area contributed by atoms with Crippen LogP contribution in [0.1, 0.15) is 22.8 Å². The van der Waals surface area contributed by atoms with Gasteiger partial charge in [0.1, 0.15) is 5.82 Å². The fourth-order valence-corrected chi connectivity index (χ4v) is 2.84. The first-order valence-electron chi connectivity index (χ1n) is 8.67. The van der Waals surface area contributed by atoms with Gasteiger partial charge in [0, 0.05) is 6.42 Å². The van der Waals surface area contributed by atoms with Crippen molar-refractivity contribution in [3.63, 3.8) is 0 Å². The van der Waals surface area contributed by atoms with Gasteiger partial charge in [0.15, 0.2) is 5.82 Å². The summed E-state index contributed by atoms with van der Waals surface area (Å²) in [6.45, 7) is 0. The van der Waals surface area contributed by atoms with Crippen molar-refractivity contribution in [2.45, 2.75) is 6.42 Å². The van der Waals surface area contributed by atoms with Crippen molar-refractivity contribution >= 4 is 12.2 Å². The first kappa shape index (κ1) is 16.0. The summed E-state index contributed by atoms with van der Waals surface area (Å²) in [4.78, 5) is 4.76. The van der Waals surface area contributed by atoms with Crippen LogP contribution in [0.3, 0.4) is 0 Å². The molecule has 0 aliphatic heterocycles. The van der Waals surface area contributed by atoms with E-state index < -0.39 is 0 Å². The Bertz CT molecular complexity index is 988. The van der Waals surface area contributed by atoms with Crippen LogP contribution in [-0.2, 0) is 6.42 Å². The molecule has 0 aliphatic carbocycles. The van der Waals surface area contributed by atoms with E-state index in [0.717, 1.165) is 23.5 Å². The van der Waals surface area contributed by atoms with Crippen LogP contribution in [-0.4, -0.2) is 14.8 Å². The molecule has 4 aromatic rings. The van der Waals surface area contributed by atoms with Gasteiger partial charge in [-0.3, -0.25) is 0 Å². The molecule has 0 radical (unpaired) electrons. The molecule has 0 amide bonds. The van der Waals surface area contributed by atoms with E-state index in [1.54, 1.807) is 0 Å². The van der Waals surface area contributed by atoms with Crippen LogP contribution in [0.4, 0.5) is 0 Å². The summed E-state index contributed by atoms with van der Waals surface area (Å²) in [7, 11) is 0. The predicted octanol–water partition coefficient (Wildman–Crippen LogP) is 5.03. The fraction of sp³-hybridized carbons (Fsp3) is 0.0435. The average Bonchev–Trinajstić information content (AvgIpc) is 3.11. The standard InChI is InChI=1S/C23H19N3/c1-4-10-19(11-5-1)16-17-22-24-23(18-20-12-6-2-7-13-20)26(25-22)21-14-8-3-9-15-21/h1-17H,18H2. The van der Waals surface area contributed by atoms with Gasteiger partial charge in [-0.1, -0.05) is 84.9 Å². The maximum Gasteiger partial charge on any atom is 0.174 e. The number of aromatic nitrogens is 3. The summed E-state index contributed by atoms with van der Waals surface area (Å²) in [6.07, 6.45) is 4.74. The first-order valence-corrected chi connectivity index (χ1v) is 8.67. The van der Waals surface area contributed by atoms with Gasteiger partial charge in [-0.05, 0) is 29.3 Å². The molecule has 0 fully saturated rings. The van der Waals surface area contributed by atoms with E-state index in [1.807, 2.05) is 71.4 Å². The lowest BCUT2D eigenvalue weighted by molar-refractivity contribution is 0.811. The summed E-state index contributed by atoms with van der Waals surface area (Å²) in [5.41, 5.74) is 3.37. The van der Waals surface area contributed by atoms with Gasteiger partial charge in [0.05, 0.1) is 5.69 Å². The topological polar surface area (TPSA) is 30.7 Å². The maximum absolute atomic E-state index is 4.76. The Morgan fingerprint density at radius 2 is 1.31 bits per heavy atom. The third-order valence-corrected chi connectivity index (χ3v) is 4.12. The summed E-state index contributed by atoms with van der Waals surface area (Å²) in [5, 5.41) is 4.71. The highest BCUT2D eigenvalue weighted by Crippen LogP contribution is 2.15. The lowest BCUT2D eigenvalue weighted by Crippen LogP contribution is -2.03. The number of hydrogen-bond donors (Lipinski definition) is 0. The van der Waals surface area contributed by atoms with Gasteiger partial charge >= 0.3 is 0 Å². The maximum atomic E-state index is 4.76. The van der Waals surface area contributed by atoms with Crippen LogP contribution in [0.2, 0.25) is 0 Å². The van der Waals surface area contributed by atoms with Crippen molar-refractivity contribution in [2.24, 2.45) is 0 Å². The van der Waals surface area contributed by atoms with Gasteiger partial charge in [-0.2, -0.15) is 0 Å². The van der Waals surface area contributed by atoms with Crippen LogP contribution in [0.15, 0.2) is 91.0 Å². The van der Waals surface area contributed by atoms with Crippen molar-refractivity contribution in [1.29, 1.82) is 0 Å². The minimum absolute atomic E-state index is 0.712. The van der Waals surface area contributed by atoms with Crippen LogP contribution in [0, 0.1) is 0 Å². The molecule has 3 nitrogen and oxygen atoms in total. The predicted molar refractivity (Wildman–Crippen MR) is 106 cm³/mol. The minimum atomic E-state index is 0.712. The van der Waals surface area contributed by atoms with Crippen LogP contribution >= 0.6 is 0 Å². The summed E-state index contributed by atoms with van der Waals surface area (Å²) in [6, 6.07) is 30.7. The lowest BCUT2D eigenvalue weighted by Gasteiger charge is -2.05. The zero-order valence-corrected chi connectivity index (χ0v) is 14.4. The summed E-state index contributed by atoms with van der Waals surface area (Å²) in [5.74, 6) is 1.64. The van der Waals surface area contributed by atoms with Crippen LogP contribution in [0.25, 0.3) is 17.8 Å². The molecule has 3 aromatic carbocycles. The number of hydrogen-bond acceptors (Lipinski definition) is 2. The second kappa shape index (κ2) is 7.62. The van der Waals surface area contributed by atoms with Gasteiger partial charge in [-0.25, -0.2) is 9.67 Å². The second-order valence-electron chi connectivity index (χ2n) is 6.04. The molecule has 1 aromatic heterocycles. The minimum Gasteiger partial charge on any atom is -0.217 e. The lowest BCUT2D eigenvalue weighted by atomic mass is 10.1. The molecular formula is C23H19N3. The molecule has 0 saturated heterocycles. The number of rotatable bonds is 5. The van der Waals surface area contributed by atoms with E-state index in [2.05, 4.69) is 36.4 Å². The molecule has 1 heterocycles. The molecule has 0 N–H and O–H groups in total. The Hall–Kier alpha value is -3.46. The molecule has 0 spiro atoms. The number of para-hydroxylation sites is 1. The number of benzene rings is 3. The van der Waals surface area contributed by atoms with E-state index in [4.69, 9.17) is 10.1 Å². The molecule has 0 atom stereocenters. The van der Waals surface area contributed by atoms with E-state index in [0.29, 0.717) is 5.82 Å². The highest BCUT2D eigenvalue weighted by Gasteiger charge is 2.10. The Kier molecular flexibility index (Phi) is 4.70. The molecule has 0 unspecified atom stereocenters. The van der Waals surface area contributed by atoms with Crippen LogP contribution in [0.5, 0.6) is 0 Å². The van der Waals surface area contributed by atoms with Crippen LogP contribution < -0.4 is 0 Å². The second-order valence-corrected chi connectivity index (χ2v) is 6.04. The van der Waals surface area contributed by atoms with Gasteiger partial charge in [-0.15, -0.1) is 5.10 Å². The van der Waals surface area contributed by atoms with Gasteiger partial charge < -0.3 is 0 Å². The third kappa shape index (κ3) is 3.78. The van der Waals surface area contributed by atoms with Crippen molar-refractivity contribution in [2.75, 3.05) is 0 Å². The monoisotopic (exact) mass is 337 g/mol. The van der Waals surface area contributed by atoms with E-state index in [1.165, 1.54) is 5.56 Å². The highest BCUT2D eigenvalue weighted by atomic mass is 15.3. The Labute approximate surface area is 153 Å². The highest BCUT2D eigenvalue weighted by molar-refractivity contribution is 5.66. The van der Waals surface area contributed by atoms with Gasteiger partial charge in [0.2, 0.25) is 0 Å². The molecule has 0 saturated carbocycles. The third-order valence-electron chi connectivity index (χ3n) is 4.12. The largest absolute Gasteiger partial charge is 0.217 e. The molecule has 0 bridgehead atoms. The van der Waals surface area contributed by atoms with E-state index in [9.17, 15) is 0 Å². The molecule has 3 heteroatoms. The molecule has 26 heavy (non-hydrogen) atoms. The van der Waals surface area contributed by atoms with Crippen molar-refractivity contribution in [3.05, 3.63) is 114 Å².